The number of hydrogen-bond donors (Lipinski definition) is 1. The molecule has 6 atom stereocenters. The van der Waals surface area contributed by atoms with Crippen LogP contribution >= 0.6 is 0 Å². The van der Waals surface area contributed by atoms with Gasteiger partial charge in [-0.05, 0) is 0 Å². The van der Waals surface area contributed by atoms with Crippen LogP contribution in [0, 0.1) is 11.8 Å². The predicted octanol–water partition coefficient (Wildman–Crippen LogP) is -0.873. The molecule has 0 aromatic rings. The van der Waals surface area contributed by atoms with Crippen molar-refractivity contribution in [2.24, 2.45) is 11.8 Å². The van der Waals surface area contributed by atoms with Gasteiger partial charge in [-0.15, -0.1) is 0 Å². The number of rotatable bonds is 4. The molecule has 2 rings (SSSR count). The van der Waals surface area contributed by atoms with Gasteiger partial charge in [-0.2, -0.15) is 0 Å². The second kappa shape index (κ2) is 4.75. The number of aliphatic hydroxyl groups excluding tert-OH is 1. The molecule has 0 aromatic heterocycles. The van der Waals surface area contributed by atoms with Crippen molar-refractivity contribution in [3.8, 4) is 0 Å². The van der Waals surface area contributed by atoms with Gasteiger partial charge in [0.1, 0.15) is 12.0 Å². The average Bonchev–Trinajstić information content (AvgIpc) is 2.68. The smallest absolute Gasteiger partial charge is 0.316 e. The first kappa shape index (κ1) is 13.7. The number of hydrogen-bond acceptors (Lipinski definition) is 7. The molecule has 0 aromatic carbocycles. The largest absolute Gasteiger partial charge is 0.469 e. The minimum absolute atomic E-state index is 0.485. The summed E-state index contributed by atoms with van der Waals surface area (Å²) < 4.78 is 26.0. The summed E-state index contributed by atoms with van der Waals surface area (Å²) in [6, 6.07) is 0. The van der Waals surface area contributed by atoms with Crippen molar-refractivity contribution >= 4 is 5.97 Å². The normalized spacial score (nSPS) is 46.4. The molecule has 7 heteroatoms. The van der Waals surface area contributed by atoms with Crippen molar-refractivity contribution in [2.75, 3.05) is 28.4 Å². The van der Waals surface area contributed by atoms with Crippen LogP contribution in [0.25, 0.3) is 0 Å². The fraction of sp³-hybridized carbons (Fsp3) is 0.909. The van der Waals surface area contributed by atoms with E-state index in [4.69, 9.17) is 18.9 Å². The molecule has 0 radical (unpaired) electrons. The van der Waals surface area contributed by atoms with Crippen LogP contribution in [0.5, 0.6) is 0 Å². The summed E-state index contributed by atoms with van der Waals surface area (Å²) in [7, 11) is 5.62. The van der Waals surface area contributed by atoms with Gasteiger partial charge in [0.25, 0.3) is 0 Å². The fourth-order valence-electron chi connectivity index (χ4n) is 2.95. The van der Waals surface area contributed by atoms with Crippen LogP contribution in [-0.4, -0.2) is 63.8 Å². The maximum Gasteiger partial charge on any atom is 0.316 e. The molecule has 7 nitrogen and oxygen atoms in total. The van der Waals surface area contributed by atoms with Crippen LogP contribution in [0.2, 0.25) is 0 Å². The van der Waals surface area contributed by atoms with Gasteiger partial charge < -0.3 is 28.8 Å². The maximum atomic E-state index is 11.7. The van der Waals surface area contributed by atoms with Gasteiger partial charge in [0.2, 0.25) is 0 Å². The van der Waals surface area contributed by atoms with Gasteiger partial charge in [0.05, 0.1) is 19.1 Å². The minimum Gasteiger partial charge on any atom is -0.469 e. The Bertz CT molecular complexity index is 333. The second-order valence-electron chi connectivity index (χ2n) is 4.36. The molecule has 1 heterocycles. The van der Waals surface area contributed by atoms with Crippen molar-refractivity contribution in [3.05, 3.63) is 0 Å². The Hall–Kier alpha value is -0.730. The molecule has 2 fully saturated rings. The molecule has 2 aliphatic rings. The van der Waals surface area contributed by atoms with Crippen molar-refractivity contribution in [1.82, 2.24) is 0 Å². The van der Waals surface area contributed by atoms with E-state index >= 15 is 0 Å². The predicted molar refractivity (Wildman–Crippen MR) is 57.4 cm³/mol. The molecule has 0 bridgehead atoms. The summed E-state index contributed by atoms with van der Waals surface area (Å²) in [4.78, 5) is 11.7. The van der Waals surface area contributed by atoms with Gasteiger partial charge in [-0.25, -0.2) is 0 Å². The first-order chi connectivity index (χ1) is 8.57. The first-order valence-electron chi connectivity index (χ1n) is 5.61. The lowest BCUT2D eigenvalue weighted by atomic mass is 9.64. The molecule has 18 heavy (non-hydrogen) atoms. The molecule has 0 amide bonds. The van der Waals surface area contributed by atoms with Crippen LogP contribution < -0.4 is 0 Å². The zero-order valence-electron chi connectivity index (χ0n) is 10.8. The van der Waals surface area contributed by atoms with E-state index in [2.05, 4.69) is 4.74 Å². The van der Waals surface area contributed by atoms with Crippen molar-refractivity contribution in [3.63, 3.8) is 0 Å². The zero-order valence-corrected chi connectivity index (χ0v) is 10.8. The molecule has 1 aliphatic heterocycles. The molecule has 104 valence electrons. The third kappa shape index (κ3) is 1.52. The number of carbonyl (C=O) groups excluding carboxylic acids is 1. The Morgan fingerprint density at radius 2 is 1.89 bits per heavy atom. The third-order valence-electron chi connectivity index (χ3n) is 3.81. The minimum atomic E-state index is -1.24. The van der Waals surface area contributed by atoms with Gasteiger partial charge in [0.15, 0.2) is 12.1 Å². The number of ether oxygens (including phenoxy) is 5. The highest BCUT2D eigenvalue weighted by atomic mass is 16.8. The molecule has 1 aliphatic carbocycles. The molecule has 4 unspecified atom stereocenters. The number of esters is 1. The van der Waals surface area contributed by atoms with E-state index in [0.717, 1.165) is 0 Å². The Balaban J connectivity index is 2.30. The monoisotopic (exact) mass is 262 g/mol. The van der Waals surface area contributed by atoms with E-state index in [1.165, 1.54) is 28.4 Å². The first-order valence-corrected chi connectivity index (χ1v) is 5.61. The Labute approximate surface area is 105 Å². The zero-order chi connectivity index (χ0) is 13.5. The van der Waals surface area contributed by atoms with Crippen molar-refractivity contribution < 1.29 is 33.6 Å². The molecule has 0 spiro atoms. The van der Waals surface area contributed by atoms with E-state index in [1.54, 1.807) is 0 Å². The van der Waals surface area contributed by atoms with Gasteiger partial charge in [0, 0.05) is 21.3 Å². The number of aliphatic hydroxyl groups is 1. The summed E-state index contributed by atoms with van der Waals surface area (Å²) in [6.45, 7) is 0. The van der Waals surface area contributed by atoms with Crippen LogP contribution in [0.3, 0.4) is 0 Å². The van der Waals surface area contributed by atoms with Crippen LogP contribution in [0.4, 0.5) is 0 Å². The topological polar surface area (TPSA) is 83.5 Å². The number of carbonyl (C=O) groups is 1. The number of fused-ring (bicyclic) bond motifs is 1. The number of methoxy groups -OCH3 is 4. The SMILES string of the molecule is COC(=O)C1[C@@H](O)C2C(OC)[C@@H](OC)OC12OC. The highest BCUT2D eigenvalue weighted by Gasteiger charge is 2.75. The maximum absolute atomic E-state index is 11.7. The highest BCUT2D eigenvalue weighted by Crippen LogP contribution is 2.56. The lowest BCUT2D eigenvalue weighted by Crippen LogP contribution is -2.69. The Morgan fingerprint density at radius 3 is 2.33 bits per heavy atom. The van der Waals surface area contributed by atoms with E-state index in [-0.39, 0.29) is 0 Å². The van der Waals surface area contributed by atoms with Crippen LogP contribution in [0.15, 0.2) is 0 Å². The summed E-state index contributed by atoms with van der Waals surface area (Å²) in [5, 5.41) is 10.1. The van der Waals surface area contributed by atoms with Crippen LogP contribution in [0.1, 0.15) is 0 Å². The molecule has 1 saturated carbocycles. The standard InChI is InChI=1S/C11H18O7/c1-14-8-5-7(12)6(9(13)15-2)11(5,17-4)18-10(8)16-3/h5-8,10,12H,1-4H3/t5?,6?,7-,8?,10-,11?/m0/s1. The van der Waals surface area contributed by atoms with E-state index in [9.17, 15) is 9.90 Å². The van der Waals surface area contributed by atoms with Gasteiger partial charge >= 0.3 is 5.97 Å². The quantitative estimate of drug-likeness (QED) is 0.659. The Kier molecular flexibility index (Phi) is 3.61. The van der Waals surface area contributed by atoms with E-state index in [1.807, 2.05) is 0 Å². The van der Waals surface area contributed by atoms with E-state index < -0.39 is 42.1 Å². The molecular weight excluding hydrogens is 244 g/mol. The second-order valence-corrected chi connectivity index (χ2v) is 4.36. The van der Waals surface area contributed by atoms with Gasteiger partial charge in [-0.3, -0.25) is 4.79 Å². The molecule has 1 N–H and O–H groups in total. The van der Waals surface area contributed by atoms with Crippen molar-refractivity contribution in [1.29, 1.82) is 0 Å². The fourth-order valence-corrected chi connectivity index (χ4v) is 2.95. The summed E-state index contributed by atoms with van der Waals surface area (Å²) in [6.07, 6.45) is -2.13. The summed E-state index contributed by atoms with van der Waals surface area (Å²) >= 11 is 0. The third-order valence-corrected chi connectivity index (χ3v) is 3.81. The lowest BCUT2D eigenvalue weighted by molar-refractivity contribution is -0.352. The highest BCUT2D eigenvalue weighted by molar-refractivity contribution is 5.76. The van der Waals surface area contributed by atoms with Gasteiger partial charge in [-0.1, -0.05) is 0 Å². The molecule has 1 saturated heterocycles. The lowest BCUT2D eigenvalue weighted by Gasteiger charge is -2.51. The van der Waals surface area contributed by atoms with Crippen molar-refractivity contribution in [2.45, 2.75) is 24.3 Å². The van der Waals surface area contributed by atoms with Crippen LogP contribution in [-0.2, 0) is 28.5 Å². The molecular formula is C11H18O7. The van der Waals surface area contributed by atoms with E-state index in [0.29, 0.717) is 0 Å². The summed E-state index contributed by atoms with van der Waals surface area (Å²) in [5.41, 5.74) is 0. The Morgan fingerprint density at radius 1 is 1.22 bits per heavy atom. The summed E-state index contributed by atoms with van der Waals surface area (Å²) in [5.74, 6) is -3.20. The average molecular weight is 262 g/mol.